The SMILES string of the molecule is CC1(C)NC(=O)N(CC(=O)N2CCCCC2c2nccs2)C1=O. The molecule has 7 nitrogen and oxygen atoms in total. The summed E-state index contributed by atoms with van der Waals surface area (Å²) < 4.78 is 0. The first-order chi connectivity index (χ1) is 10.9. The molecular weight excluding hydrogens is 316 g/mol. The Morgan fingerprint density at radius 2 is 2.22 bits per heavy atom. The van der Waals surface area contributed by atoms with Crippen molar-refractivity contribution in [2.75, 3.05) is 13.1 Å². The van der Waals surface area contributed by atoms with Crippen molar-refractivity contribution >= 4 is 29.2 Å². The fourth-order valence-corrected chi connectivity index (χ4v) is 3.86. The summed E-state index contributed by atoms with van der Waals surface area (Å²) in [6.45, 7) is 3.69. The number of carbonyl (C=O) groups excluding carboxylic acids is 3. The fourth-order valence-electron chi connectivity index (χ4n) is 3.07. The summed E-state index contributed by atoms with van der Waals surface area (Å²) in [6.07, 6.45) is 4.57. The molecule has 3 heterocycles. The van der Waals surface area contributed by atoms with Crippen LogP contribution in [0, 0.1) is 0 Å². The van der Waals surface area contributed by atoms with Gasteiger partial charge in [-0.3, -0.25) is 14.5 Å². The van der Waals surface area contributed by atoms with Crippen LogP contribution in [-0.4, -0.2) is 51.3 Å². The summed E-state index contributed by atoms with van der Waals surface area (Å²) in [5, 5.41) is 5.40. The monoisotopic (exact) mass is 336 g/mol. The number of likely N-dealkylation sites (tertiary alicyclic amines) is 1. The number of nitrogens with zero attached hydrogens (tertiary/aromatic N) is 3. The number of rotatable bonds is 3. The van der Waals surface area contributed by atoms with Crippen molar-refractivity contribution < 1.29 is 14.4 Å². The number of imide groups is 1. The van der Waals surface area contributed by atoms with E-state index in [0.29, 0.717) is 6.54 Å². The molecule has 4 amide bonds. The van der Waals surface area contributed by atoms with E-state index in [1.54, 1.807) is 24.9 Å². The normalized spacial score (nSPS) is 24.0. The number of nitrogens with one attached hydrogen (secondary N) is 1. The molecule has 2 fully saturated rings. The molecule has 3 rings (SSSR count). The van der Waals surface area contributed by atoms with E-state index in [1.165, 1.54) is 11.3 Å². The maximum atomic E-state index is 12.7. The second-order valence-electron chi connectivity index (χ2n) is 6.42. The van der Waals surface area contributed by atoms with E-state index in [9.17, 15) is 14.4 Å². The highest BCUT2D eigenvalue weighted by molar-refractivity contribution is 7.09. The van der Waals surface area contributed by atoms with Crippen molar-refractivity contribution in [3.63, 3.8) is 0 Å². The van der Waals surface area contributed by atoms with Crippen molar-refractivity contribution in [1.82, 2.24) is 20.1 Å². The molecule has 1 N–H and O–H groups in total. The minimum atomic E-state index is -0.950. The Bertz CT molecular complexity index is 629. The number of amides is 4. The van der Waals surface area contributed by atoms with Gasteiger partial charge in [-0.05, 0) is 33.1 Å². The average molecular weight is 336 g/mol. The zero-order chi connectivity index (χ0) is 16.6. The molecule has 0 aliphatic carbocycles. The highest BCUT2D eigenvalue weighted by atomic mass is 32.1. The van der Waals surface area contributed by atoms with Crippen molar-refractivity contribution in [3.8, 4) is 0 Å². The van der Waals surface area contributed by atoms with E-state index in [4.69, 9.17) is 0 Å². The minimum Gasteiger partial charge on any atom is -0.332 e. The summed E-state index contributed by atoms with van der Waals surface area (Å²) in [5.41, 5.74) is -0.950. The second-order valence-corrected chi connectivity index (χ2v) is 7.34. The number of hydrogen-bond donors (Lipinski definition) is 1. The Hall–Kier alpha value is -1.96. The lowest BCUT2D eigenvalue weighted by atomic mass is 10.0. The van der Waals surface area contributed by atoms with E-state index in [-0.39, 0.29) is 24.4 Å². The predicted molar refractivity (Wildman–Crippen MR) is 84.7 cm³/mol. The lowest BCUT2D eigenvalue weighted by Gasteiger charge is -2.35. The van der Waals surface area contributed by atoms with Crippen LogP contribution in [-0.2, 0) is 9.59 Å². The molecule has 2 aliphatic rings. The Morgan fingerprint density at radius 3 is 2.83 bits per heavy atom. The van der Waals surface area contributed by atoms with Crippen LogP contribution < -0.4 is 5.32 Å². The first-order valence-corrected chi connectivity index (χ1v) is 8.61. The van der Waals surface area contributed by atoms with Gasteiger partial charge in [-0.25, -0.2) is 9.78 Å². The van der Waals surface area contributed by atoms with E-state index < -0.39 is 11.6 Å². The third kappa shape index (κ3) is 2.95. The summed E-state index contributed by atoms with van der Waals surface area (Å²) in [4.78, 5) is 44.0. The van der Waals surface area contributed by atoms with Crippen LogP contribution in [0.4, 0.5) is 4.79 Å². The van der Waals surface area contributed by atoms with Crippen LogP contribution in [0.25, 0.3) is 0 Å². The van der Waals surface area contributed by atoms with Crippen molar-refractivity contribution in [2.24, 2.45) is 0 Å². The number of thiazole rings is 1. The molecule has 1 atom stereocenters. The van der Waals surface area contributed by atoms with Gasteiger partial charge in [0.25, 0.3) is 5.91 Å². The largest absolute Gasteiger partial charge is 0.332 e. The first kappa shape index (κ1) is 15.9. The zero-order valence-electron chi connectivity index (χ0n) is 13.2. The molecular formula is C15H20N4O3S. The van der Waals surface area contributed by atoms with Gasteiger partial charge in [0.05, 0.1) is 6.04 Å². The molecule has 2 aliphatic heterocycles. The van der Waals surface area contributed by atoms with Crippen LogP contribution in [0.5, 0.6) is 0 Å². The number of piperidine rings is 1. The highest BCUT2D eigenvalue weighted by Gasteiger charge is 2.45. The Labute approximate surface area is 138 Å². The van der Waals surface area contributed by atoms with E-state index >= 15 is 0 Å². The zero-order valence-corrected chi connectivity index (χ0v) is 14.1. The third-order valence-electron chi connectivity index (χ3n) is 4.30. The topological polar surface area (TPSA) is 82.6 Å². The summed E-state index contributed by atoms with van der Waals surface area (Å²) in [6, 6.07) is -0.554. The second kappa shape index (κ2) is 5.92. The fraction of sp³-hybridized carbons (Fsp3) is 0.600. The average Bonchev–Trinajstić information content (AvgIpc) is 3.10. The predicted octanol–water partition coefficient (Wildman–Crippen LogP) is 1.53. The molecule has 0 bridgehead atoms. The quantitative estimate of drug-likeness (QED) is 0.849. The molecule has 23 heavy (non-hydrogen) atoms. The molecule has 1 unspecified atom stereocenters. The molecule has 1 aromatic rings. The van der Waals surface area contributed by atoms with Gasteiger partial charge in [-0.2, -0.15) is 0 Å². The first-order valence-electron chi connectivity index (χ1n) is 7.73. The molecule has 1 aromatic heterocycles. The van der Waals surface area contributed by atoms with Gasteiger partial charge in [0.2, 0.25) is 5.91 Å². The highest BCUT2D eigenvalue weighted by Crippen LogP contribution is 2.32. The van der Waals surface area contributed by atoms with Crippen LogP contribution in [0.1, 0.15) is 44.2 Å². The van der Waals surface area contributed by atoms with Gasteiger partial charge in [0, 0.05) is 18.1 Å². The maximum absolute atomic E-state index is 12.7. The standard InChI is InChI=1S/C15H20N4O3S/c1-15(2)13(21)19(14(22)17-15)9-11(20)18-7-4-3-5-10(18)12-16-6-8-23-12/h6,8,10H,3-5,7,9H2,1-2H3,(H,17,22). The summed E-state index contributed by atoms with van der Waals surface area (Å²) in [7, 11) is 0. The van der Waals surface area contributed by atoms with E-state index in [0.717, 1.165) is 29.2 Å². The molecule has 0 aromatic carbocycles. The Balaban J connectivity index is 1.74. The number of urea groups is 1. The van der Waals surface area contributed by atoms with Gasteiger partial charge in [-0.1, -0.05) is 0 Å². The molecule has 0 saturated carbocycles. The Morgan fingerprint density at radius 1 is 1.43 bits per heavy atom. The smallest absolute Gasteiger partial charge is 0.325 e. The molecule has 8 heteroatoms. The number of aromatic nitrogens is 1. The number of carbonyl (C=O) groups is 3. The van der Waals surface area contributed by atoms with Crippen LogP contribution >= 0.6 is 11.3 Å². The van der Waals surface area contributed by atoms with E-state index in [2.05, 4.69) is 10.3 Å². The molecule has 0 radical (unpaired) electrons. The van der Waals surface area contributed by atoms with Crippen LogP contribution in [0.15, 0.2) is 11.6 Å². The van der Waals surface area contributed by atoms with Gasteiger partial charge in [0.1, 0.15) is 17.1 Å². The van der Waals surface area contributed by atoms with Crippen molar-refractivity contribution in [1.29, 1.82) is 0 Å². The van der Waals surface area contributed by atoms with E-state index in [1.807, 2.05) is 5.38 Å². The molecule has 0 spiro atoms. The van der Waals surface area contributed by atoms with Crippen LogP contribution in [0.2, 0.25) is 0 Å². The van der Waals surface area contributed by atoms with Gasteiger partial charge < -0.3 is 10.2 Å². The van der Waals surface area contributed by atoms with Gasteiger partial charge in [-0.15, -0.1) is 11.3 Å². The van der Waals surface area contributed by atoms with Crippen LogP contribution in [0.3, 0.4) is 0 Å². The van der Waals surface area contributed by atoms with Gasteiger partial charge in [0.15, 0.2) is 0 Å². The minimum absolute atomic E-state index is 0.0509. The summed E-state index contributed by atoms with van der Waals surface area (Å²) in [5.74, 6) is -0.565. The maximum Gasteiger partial charge on any atom is 0.325 e. The summed E-state index contributed by atoms with van der Waals surface area (Å²) >= 11 is 1.53. The molecule has 2 saturated heterocycles. The van der Waals surface area contributed by atoms with Crippen molar-refractivity contribution in [2.45, 2.75) is 44.7 Å². The lowest BCUT2D eigenvalue weighted by Crippen LogP contribution is -2.46. The third-order valence-corrected chi connectivity index (χ3v) is 5.17. The van der Waals surface area contributed by atoms with Crippen molar-refractivity contribution in [3.05, 3.63) is 16.6 Å². The van der Waals surface area contributed by atoms with Gasteiger partial charge >= 0.3 is 6.03 Å². The molecule has 124 valence electrons. The number of hydrogen-bond acceptors (Lipinski definition) is 5. The lowest BCUT2D eigenvalue weighted by molar-refractivity contribution is -0.140. The Kier molecular flexibility index (Phi) is 4.09.